The van der Waals surface area contributed by atoms with Crippen LogP contribution in [0.4, 0.5) is 30.2 Å². The van der Waals surface area contributed by atoms with Gasteiger partial charge in [-0.25, -0.2) is 4.90 Å². The molecule has 0 radical (unpaired) electrons. The quantitative estimate of drug-likeness (QED) is 0.213. The van der Waals surface area contributed by atoms with Gasteiger partial charge in [-0.05, 0) is 68.8 Å². The monoisotopic (exact) mass is 680 g/mol. The van der Waals surface area contributed by atoms with Crippen molar-refractivity contribution in [2.75, 3.05) is 28.2 Å². The van der Waals surface area contributed by atoms with E-state index in [1.165, 1.54) is 16.7 Å². The smallest absolute Gasteiger partial charge is 0.372 e. The Bertz CT molecular complexity index is 1900. The molecule has 3 aromatic carbocycles. The number of fused-ring (bicyclic) bond motifs is 2. The highest BCUT2D eigenvalue weighted by Gasteiger charge is 2.57. The number of nitrogens with zero attached hydrogens (tertiary/aromatic N) is 3. The maximum absolute atomic E-state index is 14.1. The van der Waals surface area contributed by atoms with Crippen LogP contribution in [0, 0.1) is 12.8 Å². The van der Waals surface area contributed by atoms with Crippen LogP contribution in [0.5, 0.6) is 0 Å². The highest BCUT2D eigenvalue weighted by molar-refractivity contribution is 8.00. The van der Waals surface area contributed by atoms with Crippen LogP contribution in [0.2, 0.25) is 0 Å². The van der Waals surface area contributed by atoms with Crippen molar-refractivity contribution < 1.29 is 27.6 Å². The second-order valence-electron chi connectivity index (χ2n) is 11.4. The average molecular weight is 681 g/mol. The fraction of sp³-hybridized carbons (Fsp3) is 0.294. The number of rotatable bonds is 8. The standard InChI is InChI=1S/C34H31F3N4O4S2/c1-4-39(5-2)23-15-11-20(12-16-23)26-27-28(31(44)41(30(27)43)24-8-6-7-21(17-24)34(35,36)37)46-32-29(26)47-33(45)40(32)18-25(42)38-22-13-9-19(3)10-14-22/h6-17,26-28H,4-5,18H2,1-3H3,(H,38,42)/t26-,27?,28?/m1/s1. The molecule has 3 atom stereocenters. The lowest BCUT2D eigenvalue weighted by Crippen LogP contribution is -2.33. The molecule has 0 bridgehead atoms. The maximum Gasteiger partial charge on any atom is 0.416 e. The van der Waals surface area contributed by atoms with E-state index in [0.717, 1.165) is 64.5 Å². The molecule has 1 saturated heterocycles. The van der Waals surface area contributed by atoms with Crippen LogP contribution in [0.1, 0.15) is 41.3 Å². The third-order valence-corrected chi connectivity index (χ3v) is 11.1. The van der Waals surface area contributed by atoms with Crippen molar-refractivity contribution in [2.24, 2.45) is 5.92 Å². The molecule has 2 unspecified atom stereocenters. The predicted octanol–water partition coefficient (Wildman–Crippen LogP) is 6.52. The van der Waals surface area contributed by atoms with Crippen LogP contribution >= 0.6 is 23.1 Å². The van der Waals surface area contributed by atoms with Crippen molar-refractivity contribution in [3.63, 3.8) is 0 Å². The predicted molar refractivity (Wildman–Crippen MR) is 177 cm³/mol. The Morgan fingerprint density at radius 2 is 1.62 bits per heavy atom. The van der Waals surface area contributed by atoms with Gasteiger partial charge in [0, 0.05) is 35.3 Å². The summed E-state index contributed by atoms with van der Waals surface area (Å²) >= 11 is 1.92. The van der Waals surface area contributed by atoms with Gasteiger partial charge in [-0.15, -0.1) is 0 Å². The van der Waals surface area contributed by atoms with Gasteiger partial charge in [-0.1, -0.05) is 59.0 Å². The first-order valence-electron chi connectivity index (χ1n) is 15.1. The highest BCUT2D eigenvalue weighted by Crippen LogP contribution is 2.54. The first-order chi connectivity index (χ1) is 22.4. The van der Waals surface area contributed by atoms with E-state index in [1.54, 1.807) is 12.1 Å². The van der Waals surface area contributed by atoms with E-state index in [-0.39, 0.29) is 12.2 Å². The molecule has 13 heteroatoms. The summed E-state index contributed by atoms with van der Waals surface area (Å²) in [5.41, 5.74) is 2.07. The van der Waals surface area contributed by atoms with Crippen LogP contribution in [-0.2, 0) is 27.1 Å². The second kappa shape index (κ2) is 12.7. The van der Waals surface area contributed by atoms with Gasteiger partial charge in [0.15, 0.2) is 0 Å². The van der Waals surface area contributed by atoms with Crippen molar-refractivity contribution in [2.45, 2.75) is 49.7 Å². The molecule has 1 aromatic heterocycles. The molecule has 244 valence electrons. The van der Waals surface area contributed by atoms with E-state index in [2.05, 4.69) is 10.2 Å². The normalized spacial score (nSPS) is 19.0. The number of benzene rings is 3. The van der Waals surface area contributed by atoms with E-state index in [0.29, 0.717) is 21.2 Å². The molecule has 1 N–H and O–H groups in total. The lowest BCUT2D eigenvalue weighted by molar-refractivity contribution is -0.137. The molecular formula is C34H31F3N4O4S2. The number of alkyl halides is 3. The lowest BCUT2D eigenvalue weighted by Gasteiger charge is -2.31. The molecule has 0 aliphatic carbocycles. The number of amides is 3. The minimum absolute atomic E-state index is 0.168. The molecule has 8 nitrogen and oxygen atoms in total. The topological polar surface area (TPSA) is 91.7 Å². The average Bonchev–Trinajstić information content (AvgIpc) is 3.49. The molecule has 2 aliphatic rings. The van der Waals surface area contributed by atoms with Crippen LogP contribution in [0.25, 0.3) is 0 Å². The zero-order valence-corrected chi connectivity index (χ0v) is 27.3. The van der Waals surface area contributed by atoms with Gasteiger partial charge in [0.2, 0.25) is 17.7 Å². The Kier molecular flexibility index (Phi) is 8.79. The second-order valence-corrected chi connectivity index (χ2v) is 13.5. The maximum atomic E-state index is 14.1. The largest absolute Gasteiger partial charge is 0.416 e. The molecule has 2 aliphatic heterocycles. The number of thiazole rings is 1. The number of imide groups is 1. The van der Waals surface area contributed by atoms with Gasteiger partial charge in [-0.2, -0.15) is 13.2 Å². The van der Waals surface area contributed by atoms with Gasteiger partial charge in [-0.3, -0.25) is 23.7 Å². The number of nitrogens with one attached hydrogen (secondary N) is 1. The molecule has 1 fully saturated rings. The van der Waals surface area contributed by atoms with Crippen LogP contribution < -0.4 is 20.0 Å². The number of aromatic nitrogens is 1. The summed E-state index contributed by atoms with van der Waals surface area (Å²) in [6.07, 6.45) is -4.67. The van der Waals surface area contributed by atoms with E-state index < -0.39 is 51.4 Å². The summed E-state index contributed by atoms with van der Waals surface area (Å²) in [5, 5.41) is 2.15. The van der Waals surface area contributed by atoms with Crippen molar-refractivity contribution in [1.82, 2.24) is 4.57 Å². The molecule has 6 rings (SSSR count). The number of anilines is 3. The Labute approximate surface area is 277 Å². The van der Waals surface area contributed by atoms with Crippen molar-refractivity contribution in [3.05, 3.63) is 104 Å². The minimum Gasteiger partial charge on any atom is -0.372 e. The molecule has 47 heavy (non-hydrogen) atoms. The first kappa shape index (κ1) is 32.6. The first-order valence-corrected chi connectivity index (χ1v) is 16.8. The highest BCUT2D eigenvalue weighted by atomic mass is 32.2. The summed E-state index contributed by atoms with van der Waals surface area (Å²) in [4.78, 5) is 57.7. The lowest BCUT2D eigenvalue weighted by atomic mass is 9.83. The Hall–Kier alpha value is -4.36. The van der Waals surface area contributed by atoms with Crippen LogP contribution in [0.3, 0.4) is 0 Å². The van der Waals surface area contributed by atoms with Crippen molar-refractivity contribution in [3.8, 4) is 0 Å². The molecular weight excluding hydrogens is 650 g/mol. The van der Waals surface area contributed by atoms with Gasteiger partial charge < -0.3 is 10.2 Å². The summed E-state index contributed by atoms with van der Waals surface area (Å²) < 4.78 is 42.1. The summed E-state index contributed by atoms with van der Waals surface area (Å²) in [5.74, 6) is -3.48. The third-order valence-electron chi connectivity index (χ3n) is 8.50. The summed E-state index contributed by atoms with van der Waals surface area (Å²) in [6.45, 7) is 7.22. The zero-order chi connectivity index (χ0) is 33.6. The number of carbonyl (C=O) groups is 3. The van der Waals surface area contributed by atoms with Crippen molar-refractivity contribution in [1.29, 1.82) is 0 Å². The fourth-order valence-corrected chi connectivity index (χ4v) is 8.93. The Morgan fingerprint density at radius 3 is 2.26 bits per heavy atom. The van der Waals surface area contributed by atoms with Gasteiger partial charge >= 0.3 is 11.0 Å². The summed E-state index contributed by atoms with van der Waals surface area (Å²) in [6, 6.07) is 18.9. The van der Waals surface area contributed by atoms with Crippen molar-refractivity contribution >= 4 is 57.9 Å². The molecule has 0 saturated carbocycles. The number of thioether (sulfide) groups is 1. The number of halogens is 3. The third kappa shape index (κ3) is 6.09. The zero-order valence-electron chi connectivity index (χ0n) is 25.7. The summed E-state index contributed by atoms with van der Waals surface area (Å²) in [7, 11) is 0. The number of hydrogen-bond acceptors (Lipinski definition) is 7. The molecule has 4 aromatic rings. The van der Waals surface area contributed by atoms with E-state index in [1.807, 2.05) is 57.2 Å². The Balaban J connectivity index is 1.41. The Morgan fingerprint density at radius 1 is 0.936 bits per heavy atom. The van der Waals surface area contributed by atoms with E-state index in [4.69, 9.17) is 0 Å². The molecule has 0 spiro atoms. The van der Waals surface area contributed by atoms with Crippen LogP contribution in [0.15, 0.2) is 82.6 Å². The van der Waals surface area contributed by atoms with Crippen LogP contribution in [-0.4, -0.2) is 40.6 Å². The van der Waals surface area contributed by atoms with E-state index in [9.17, 15) is 32.3 Å². The van der Waals surface area contributed by atoms with E-state index >= 15 is 0 Å². The number of carbonyl (C=O) groups excluding carboxylic acids is 3. The van der Waals surface area contributed by atoms with Gasteiger partial charge in [0.05, 0.1) is 22.2 Å². The van der Waals surface area contributed by atoms with Gasteiger partial charge in [0.1, 0.15) is 11.8 Å². The molecule has 3 amide bonds. The molecule has 3 heterocycles. The number of aryl methyl sites for hydroxylation is 1. The van der Waals surface area contributed by atoms with Gasteiger partial charge in [0.25, 0.3) is 0 Å². The minimum atomic E-state index is -4.67. The SMILES string of the molecule is CCN(CC)c1ccc([C@H]2c3sc(=O)n(CC(=O)Nc4ccc(C)cc4)c3SC3C(=O)N(c4cccc(C(F)(F)F)c4)C(=O)C32)cc1. The number of hydrogen-bond donors (Lipinski definition) is 1. The fourth-order valence-electron chi connectivity index (χ4n) is 6.15.